The van der Waals surface area contributed by atoms with Gasteiger partial charge in [0, 0.05) is 35.8 Å². The summed E-state index contributed by atoms with van der Waals surface area (Å²) < 4.78 is 6.71. The van der Waals surface area contributed by atoms with Gasteiger partial charge >= 0.3 is 5.63 Å². The van der Waals surface area contributed by atoms with E-state index in [1.807, 2.05) is 42.6 Å². The van der Waals surface area contributed by atoms with Crippen molar-refractivity contribution in [2.45, 2.75) is 13.5 Å². The number of benzene rings is 1. The number of carbonyl (C=O) groups excluding carboxylic acids is 1. The molecule has 0 saturated carbocycles. The number of aromatic hydroxyl groups is 1. The summed E-state index contributed by atoms with van der Waals surface area (Å²) in [4.78, 5) is 28.7. The Kier molecular flexibility index (Phi) is 5.57. The average Bonchev–Trinajstić information content (AvgIpc) is 3.15. The Morgan fingerprint density at radius 2 is 2.00 bits per heavy atom. The van der Waals surface area contributed by atoms with E-state index in [1.165, 1.54) is 19.1 Å². The highest BCUT2D eigenvalue weighted by molar-refractivity contribution is 6.08. The third kappa shape index (κ3) is 4.51. The molecule has 0 aliphatic rings. The fourth-order valence-electron chi connectivity index (χ4n) is 3.21. The van der Waals surface area contributed by atoms with Crippen LogP contribution in [0.4, 0.5) is 0 Å². The van der Waals surface area contributed by atoms with Crippen molar-refractivity contribution in [3.63, 3.8) is 0 Å². The Morgan fingerprint density at radius 3 is 2.71 bits per heavy atom. The number of allylic oxidation sites excluding steroid dienone is 1. The van der Waals surface area contributed by atoms with Crippen molar-refractivity contribution in [3.05, 3.63) is 106 Å². The maximum Gasteiger partial charge on any atom is 0.351 e. The summed E-state index contributed by atoms with van der Waals surface area (Å²) in [7, 11) is 0. The van der Waals surface area contributed by atoms with Crippen LogP contribution in [-0.2, 0) is 6.54 Å². The molecule has 7 nitrogen and oxygen atoms in total. The van der Waals surface area contributed by atoms with Crippen LogP contribution >= 0.6 is 0 Å². The van der Waals surface area contributed by atoms with Gasteiger partial charge in [0.1, 0.15) is 22.8 Å². The van der Waals surface area contributed by atoms with Gasteiger partial charge in [-0.3, -0.25) is 14.5 Å². The van der Waals surface area contributed by atoms with Crippen LogP contribution in [0.25, 0.3) is 17.3 Å². The molecule has 0 saturated heterocycles. The van der Waals surface area contributed by atoms with Gasteiger partial charge in [-0.05, 0) is 36.8 Å². The van der Waals surface area contributed by atoms with E-state index >= 15 is 0 Å². The topological polar surface area (TPSA) is 98.2 Å². The van der Waals surface area contributed by atoms with Crippen LogP contribution in [0.15, 0.2) is 82.4 Å². The number of rotatable bonds is 6. The molecular weight excluding hydrogens is 394 g/mol. The standard InChI is InChI=1S/C24H19N3O4/c1-16-12-21(29)22(24(30)31-16)20(28)10-9-19-15-27(14-17-6-3-2-4-7-17)26-23(19)18-8-5-11-25-13-18/h2-13,15,29H,14H2,1H3/b10-9+. The normalized spacial score (nSPS) is 11.1. The molecule has 0 amide bonds. The lowest BCUT2D eigenvalue weighted by atomic mass is 10.1. The quantitative estimate of drug-likeness (QED) is 0.381. The van der Waals surface area contributed by atoms with Crippen molar-refractivity contribution in [1.29, 1.82) is 0 Å². The molecule has 1 N–H and O–H groups in total. The van der Waals surface area contributed by atoms with Crippen LogP contribution in [0.5, 0.6) is 5.75 Å². The van der Waals surface area contributed by atoms with Gasteiger partial charge in [-0.2, -0.15) is 5.10 Å². The highest BCUT2D eigenvalue weighted by Crippen LogP contribution is 2.24. The van der Waals surface area contributed by atoms with Crippen LogP contribution in [0.2, 0.25) is 0 Å². The summed E-state index contributed by atoms with van der Waals surface area (Å²) in [5, 5.41) is 14.7. The molecule has 1 aromatic carbocycles. The van der Waals surface area contributed by atoms with E-state index in [4.69, 9.17) is 4.42 Å². The average molecular weight is 413 g/mol. The summed E-state index contributed by atoms with van der Waals surface area (Å²) in [5.41, 5.74) is 1.91. The van der Waals surface area contributed by atoms with Crippen molar-refractivity contribution < 1.29 is 14.3 Å². The molecule has 0 radical (unpaired) electrons. The molecule has 0 bridgehead atoms. The molecule has 0 fully saturated rings. The highest BCUT2D eigenvalue weighted by Gasteiger charge is 2.17. The van der Waals surface area contributed by atoms with Gasteiger partial charge in [-0.25, -0.2) is 4.79 Å². The lowest BCUT2D eigenvalue weighted by molar-refractivity contribution is 0.104. The Hall–Kier alpha value is -4.26. The molecule has 4 rings (SSSR count). The molecule has 0 atom stereocenters. The van der Waals surface area contributed by atoms with Crippen molar-refractivity contribution in [2.24, 2.45) is 0 Å². The maximum absolute atomic E-state index is 12.6. The van der Waals surface area contributed by atoms with Crippen molar-refractivity contribution in [1.82, 2.24) is 14.8 Å². The Bertz CT molecular complexity index is 1310. The second kappa shape index (κ2) is 8.62. The van der Waals surface area contributed by atoms with Gasteiger partial charge in [-0.15, -0.1) is 0 Å². The first-order chi connectivity index (χ1) is 15.0. The summed E-state index contributed by atoms with van der Waals surface area (Å²) in [6.45, 7) is 2.07. The number of nitrogens with zero attached hydrogens (tertiary/aromatic N) is 3. The number of pyridine rings is 1. The van der Waals surface area contributed by atoms with E-state index in [1.54, 1.807) is 29.2 Å². The first-order valence-electron chi connectivity index (χ1n) is 9.59. The predicted molar refractivity (Wildman–Crippen MR) is 116 cm³/mol. The van der Waals surface area contributed by atoms with E-state index in [0.717, 1.165) is 11.1 Å². The van der Waals surface area contributed by atoms with E-state index in [2.05, 4.69) is 10.1 Å². The molecule has 0 unspecified atom stereocenters. The van der Waals surface area contributed by atoms with Crippen LogP contribution in [0, 0.1) is 6.92 Å². The monoisotopic (exact) mass is 413 g/mol. The first-order valence-corrected chi connectivity index (χ1v) is 9.59. The predicted octanol–water partition coefficient (Wildman–Crippen LogP) is 3.86. The van der Waals surface area contributed by atoms with Crippen molar-refractivity contribution >= 4 is 11.9 Å². The molecule has 0 spiro atoms. The van der Waals surface area contributed by atoms with Gasteiger partial charge in [0.25, 0.3) is 0 Å². The van der Waals surface area contributed by atoms with Crippen LogP contribution in [0.3, 0.4) is 0 Å². The minimum Gasteiger partial charge on any atom is -0.507 e. The third-order valence-electron chi connectivity index (χ3n) is 4.63. The minimum atomic E-state index is -0.876. The third-order valence-corrected chi connectivity index (χ3v) is 4.63. The number of hydrogen-bond donors (Lipinski definition) is 1. The SMILES string of the molecule is Cc1cc(O)c(C(=O)/C=C/c2cn(Cc3ccccc3)nc2-c2cccnc2)c(=O)o1. The number of ketones is 1. The van der Waals surface area contributed by atoms with Crippen LogP contribution in [-0.4, -0.2) is 25.7 Å². The second-order valence-corrected chi connectivity index (χ2v) is 6.96. The number of aryl methyl sites for hydroxylation is 1. The smallest absolute Gasteiger partial charge is 0.351 e. The van der Waals surface area contributed by atoms with Gasteiger partial charge < -0.3 is 9.52 Å². The molecule has 3 aromatic heterocycles. The fraction of sp³-hybridized carbons (Fsp3) is 0.0833. The van der Waals surface area contributed by atoms with E-state index in [-0.39, 0.29) is 5.76 Å². The van der Waals surface area contributed by atoms with Gasteiger partial charge in [0.15, 0.2) is 5.78 Å². The van der Waals surface area contributed by atoms with Gasteiger partial charge in [0.2, 0.25) is 0 Å². The maximum atomic E-state index is 12.6. The summed E-state index contributed by atoms with van der Waals surface area (Å²) in [6.07, 6.45) is 7.97. The van der Waals surface area contributed by atoms with Crippen molar-refractivity contribution in [3.8, 4) is 17.0 Å². The molecule has 31 heavy (non-hydrogen) atoms. The van der Waals surface area contributed by atoms with Gasteiger partial charge in [-0.1, -0.05) is 30.3 Å². The lowest BCUT2D eigenvalue weighted by Gasteiger charge is -2.01. The second-order valence-electron chi connectivity index (χ2n) is 6.96. The molecule has 0 aliphatic carbocycles. The highest BCUT2D eigenvalue weighted by atomic mass is 16.4. The number of carbonyl (C=O) groups is 1. The first kappa shape index (κ1) is 20.0. The molecule has 3 heterocycles. The molecular formula is C24H19N3O4. The molecule has 4 aromatic rings. The van der Waals surface area contributed by atoms with E-state index < -0.39 is 22.7 Å². The van der Waals surface area contributed by atoms with Crippen molar-refractivity contribution in [2.75, 3.05) is 0 Å². The fourth-order valence-corrected chi connectivity index (χ4v) is 3.21. The summed E-state index contributed by atoms with van der Waals surface area (Å²) >= 11 is 0. The zero-order valence-corrected chi connectivity index (χ0v) is 16.7. The lowest BCUT2D eigenvalue weighted by Crippen LogP contribution is -2.12. The molecule has 7 heteroatoms. The number of hydrogen-bond acceptors (Lipinski definition) is 6. The Balaban J connectivity index is 1.70. The van der Waals surface area contributed by atoms with Crippen LogP contribution in [0.1, 0.15) is 27.2 Å². The Morgan fingerprint density at radius 1 is 1.19 bits per heavy atom. The Labute approximate surface area is 177 Å². The largest absolute Gasteiger partial charge is 0.507 e. The van der Waals surface area contributed by atoms with E-state index in [0.29, 0.717) is 17.8 Å². The zero-order valence-electron chi connectivity index (χ0n) is 16.7. The summed E-state index contributed by atoms with van der Waals surface area (Å²) in [5.74, 6) is -0.834. The van der Waals surface area contributed by atoms with Crippen LogP contribution < -0.4 is 5.63 Å². The van der Waals surface area contributed by atoms with E-state index in [9.17, 15) is 14.7 Å². The number of aromatic nitrogens is 3. The summed E-state index contributed by atoms with van der Waals surface area (Å²) in [6, 6.07) is 14.8. The molecule has 154 valence electrons. The minimum absolute atomic E-state index is 0.226. The zero-order chi connectivity index (χ0) is 21.8. The van der Waals surface area contributed by atoms with Gasteiger partial charge in [0.05, 0.1) is 6.54 Å². The molecule has 0 aliphatic heterocycles.